The summed E-state index contributed by atoms with van der Waals surface area (Å²) in [7, 11) is 5.66. The van der Waals surface area contributed by atoms with Crippen LogP contribution in [0.4, 0.5) is 0 Å². The molecule has 1 unspecified atom stereocenters. The van der Waals surface area contributed by atoms with Gasteiger partial charge in [-0.15, -0.1) is 0 Å². The lowest BCUT2D eigenvalue weighted by atomic mass is 10.1. The van der Waals surface area contributed by atoms with E-state index in [2.05, 4.69) is 6.92 Å². The SMILES string of the molecule is CCCCCCCC(=O)OC(C)CC.C[N+](C)(C)C[C@H](O)CC(=O)[O-]. The van der Waals surface area contributed by atoms with Crippen LogP contribution in [0.3, 0.4) is 0 Å². The minimum absolute atomic E-state index is 0.0316. The van der Waals surface area contributed by atoms with E-state index in [1.807, 2.05) is 35.0 Å². The number of aliphatic hydroxyl groups excluding tert-OH is 1. The maximum absolute atomic E-state index is 11.2. The number of ether oxygens (including phenoxy) is 1. The largest absolute Gasteiger partial charge is 0.550 e. The summed E-state index contributed by atoms with van der Waals surface area (Å²) in [6.07, 6.45) is 6.40. The summed E-state index contributed by atoms with van der Waals surface area (Å²) in [5, 5.41) is 19.1. The lowest BCUT2D eigenvalue weighted by Crippen LogP contribution is -2.43. The second kappa shape index (κ2) is 15.1. The van der Waals surface area contributed by atoms with Gasteiger partial charge >= 0.3 is 5.97 Å². The molecule has 0 aliphatic heterocycles. The molecule has 0 saturated carbocycles. The molecule has 1 N–H and O–H groups in total. The average molecular weight is 362 g/mol. The molecule has 0 aromatic rings. The molecule has 0 aliphatic rings. The van der Waals surface area contributed by atoms with Crippen molar-refractivity contribution in [2.45, 2.75) is 84.3 Å². The summed E-state index contributed by atoms with van der Waals surface area (Å²) in [6, 6.07) is 0. The van der Waals surface area contributed by atoms with Crippen molar-refractivity contribution >= 4 is 11.9 Å². The van der Waals surface area contributed by atoms with Crippen LogP contribution in [-0.4, -0.2) is 61.4 Å². The van der Waals surface area contributed by atoms with Crippen LogP contribution < -0.4 is 5.11 Å². The Bertz CT molecular complexity index is 352. The molecule has 6 heteroatoms. The molecule has 0 aromatic heterocycles. The van der Waals surface area contributed by atoms with Crippen LogP contribution >= 0.6 is 0 Å². The number of aliphatic hydroxyl groups is 1. The van der Waals surface area contributed by atoms with Crippen LogP contribution in [0.15, 0.2) is 0 Å². The Balaban J connectivity index is 0. The highest BCUT2D eigenvalue weighted by Crippen LogP contribution is 2.07. The van der Waals surface area contributed by atoms with Crippen LogP contribution in [0.5, 0.6) is 0 Å². The number of carbonyl (C=O) groups is 2. The zero-order valence-electron chi connectivity index (χ0n) is 17.0. The van der Waals surface area contributed by atoms with Crippen molar-refractivity contribution in [3.63, 3.8) is 0 Å². The van der Waals surface area contributed by atoms with Gasteiger partial charge in [-0.25, -0.2) is 0 Å². The molecule has 0 aromatic carbocycles. The second-order valence-corrected chi connectivity index (χ2v) is 7.58. The summed E-state index contributed by atoms with van der Waals surface area (Å²) in [5.41, 5.74) is 0. The highest BCUT2D eigenvalue weighted by atomic mass is 16.5. The van der Waals surface area contributed by atoms with Crippen LogP contribution in [0, 0.1) is 0 Å². The zero-order chi connectivity index (χ0) is 19.9. The summed E-state index contributed by atoms with van der Waals surface area (Å²) >= 11 is 0. The molecule has 0 bridgehead atoms. The van der Waals surface area contributed by atoms with Crippen LogP contribution in [0.1, 0.15) is 72.1 Å². The lowest BCUT2D eigenvalue weighted by molar-refractivity contribution is -0.873. The summed E-state index contributed by atoms with van der Waals surface area (Å²) in [6.45, 7) is 6.58. The lowest BCUT2D eigenvalue weighted by Gasteiger charge is -2.26. The molecule has 150 valence electrons. The van der Waals surface area contributed by atoms with Crippen LogP contribution in [-0.2, 0) is 14.3 Å². The van der Waals surface area contributed by atoms with E-state index in [0.717, 1.165) is 19.3 Å². The predicted octanol–water partition coefficient (Wildman–Crippen LogP) is 1.88. The third-order valence-corrected chi connectivity index (χ3v) is 3.55. The van der Waals surface area contributed by atoms with Gasteiger partial charge < -0.3 is 24.2 Å². The maximum atomic E-state index is 11.2. The van der Waals surface area contributed by atoms with Gasteiger partial charge in [0.1, 0.15) is 12.6 Å². The van der Waals surface area contributed by atoms with Crippen molar-refractivity contribution in [2.75, 3.05) is 27.7 Å². The van der Waals surface area contributed by atoms with E-state index in [1.54, 1.807) is 0 Å². The fourth-order valence-corrected chi connectivity index (χ4v) is 2.13. The van der Waals surface area contributed by atoms with Gasteiger partial charge in [0.25, 0.3) is 0 Å². The summed E-state index contributed by atoms with van der Waals surface area (Å²) < 4.78 is 5.72. The number of unbranched alkanes of at least 4 members (excludes halogenated alkanes) is 4. The molecule has 0 aliphatic carbocycles. The van der Waals surface area contributed by atoms with Crippen molar-refractivity contribution in [3.8, 4) is 0 Å². The molecule has 0 rings (SSSR count). The monoisotopic (exact) mass is 361 g/mol. The number of carboxylic acid groups (broad SMARTS) is 1. The molecule has 25 heavy (non-hydrogen) atoms. The minimum Gasteiger partial charge on any atom is -0.550 e. The number of hydrogen-bond donors (Lipinski definition) is 1. The predicted molar refractivity (Wildman–Crippen MR) is 97.8 cm³/mol. The first kappa shape index (κ1) is 26.1. The molecule has 0 radical (unpaired) electrons. The van der Waals surface area contributed by atoms with E-state index in [4.69, 9.17) is 9.84 Å². The van der Waals surface area contributed by atoms with Crippen molar-refractivity contribution in [1.82, 2.24) is 0 Å². The normalized spacial score (nSPS) is 13.4. The van der Waals surface area contributed by atoms with Crippen LogP contribution in [0.2, 0.25) is 0 Å². The van der Waals surface area contributed by atoms with Gasteiger partial charge in [-0.1, -0.05) is 39.5 Å². The fraction of sp³-hybridized carbons (Fsp3) is 0.895. The molecule has 0 heterocycles. The molecular formula is C19H39NO5. The van der Waals surface area contributed by atoms with Crippen molar-refractivity contribution < 1.29 is 29.0 Å². The van der Waals surface area contributed by atoms with Gasteiger partial charge in [0.05, 0.1) is 27.2 Å². The average Bonchev–Trinajstić information content (AvgIpc) is 2.44. The van der Waals surface area contributed by atoms with Gasteiger partial charge in [0.2, 0.25) is 0 Å². The Morgan fingerprint density at radius 1 is 1.08 bits per heavy atom. The highest BCUT2D eigenvalue weighted by Gasteiger charge is 2.14. The number of likely N-dealkylation sites (N-methyl/N-ethyl adjacent to an activating group) is 1. The number of carboxylic acids is 1. The number of quaternary nitrogens is 1. The first-order valence-corrected chi connectivity index (χ1v) is 9.39. The maximum Gasteiger partial charge on any atom is 0.306 e. The van der Waals surface area contributed by atoms with E-state index in [0.29, 0.717) is 17.4 Å². The Morgan fingerprint density at radius 2 is 1.64 bits per heavy atom. The Kier molecular flexibility index (Phi) is 15.8. The molecule has 2 atom stereocenters. The smallest absolute Gasteiger partial charge is 0.306 e. The topological polar surface area (TPSA) is 86.7 Å². The summed E-state index contributed by atoms with van der Waals surface area (Å²) in [4.78, 5) is 21.2. The number of carbonyl (C=O) groups excluding carboxylic acids is 2. The molecule has 0 saturated heterocycles. The molecule has 0 spiro atoms. The van der Waals surface area contributed by atoms with E-state index < -0.39 is 12.1 Å². The van der Waals surface area contributed by atoms with Crippen molar-refractivity contribution in [3.05, 3.63) is 0 Å². The Hall–Kier alpha value is -1.14. The van der Waals surface area contributed by atoms with Gasteiger partial charge in [-0.05, 0) is 19.8 Å². The van der Waals surface area contributed by atoms with E-state index in [-0.39, 0.29) is 18.5 Å². The molecular weight excluding hydrogens is 322 g/mol. The fourth-order valence-electron chi connectivity index (χ4n) is 2.13. The van der Waals surface area contributed by atoms with Crippen LogP contribution in [0.25, 0.3) is 0 Å². The zero-order valence-corrected chi connectivity index (χ0v) is 17.0. The van der Waals surface area contributed by atoms with Gasteiger partial charge in [0.15, 0.2) is 0 Å². The molecule has 6 nitrogen and oxygen atoms in total. The number of esters is 1. The van der Waals surface area contributed by atoms with Gasteiger partial charge in [0, 0.05) is 18.8 Å². The first-order valence-electron chi connectivity index (χ1n) is 9.39. The summed E-state index contributed by atoms with van der Waals surface area (Å²) in [5.74, 6) is -1.23. The Labute approximate surface area is 153 Å². The van der Waals surface area contributed by atoms with E-state index >= 15 is 0 Å². The third kappa shape index (κ3) is 22.9. The number of nitrogens with zero attached hydrogens (tertiary/aromatic N) is 1. The highest BCUT2D eigenvalue weighted by molar-refractivity contribution is 5.69. The van der Waals surface area contributed by atoms with Crippen molar-refractivity contribution in [2.24, 2.45) is 0 Å². The van der Waals surface area contributed by atoms with Gasteiger partial charge in [-0.3, -0.25) is 4.79 Å². The van der Waals surface area contributed by atoms with E-state index in [1.165, 1.54) is 19.3 Å². The van der Waals surface area contributed by atoms with Gasteiger partial charge in [-0.2, -0.15) is 0 Å². The van der Waals surface area contributed by atoms with Crippen molar-refractivity contribution in [1.29, 1.82) is 0 Å². The standard InChI is InChI=1S/C12H24O2.C7H15NO3/c1-4-6-7-8-9-10-12(13)14-11(3)5-2;1-8(2,3)5-6(9)4-7(10)11/h11H,4-10H2,1-3H3;6,9H,4-5H2,1-3H3/t;6-/m.1/s1. The molecule has 0 fully saturated rings. The third-order valence-electron chi connectivity index (χ3n) is 3.55. The minimum atomic E-state index is -1.20. The van der Waals surface area contributed by atoms with E-state index in [9.17, 15) is 14.7 Å². The first-order chi connectivity index (χ1) is 11.5. The number of hydrogen-bond acceptors (Lipinski definition) is 5. The number of rotatable bonds is 12. The number of aliphatic carboxylic acids is 1. The Morgan fingerprint density at radius 3 is 2.08 bits per heavy atom. The molecule has 0 amide bonds. The second-order valence-electron chi connectivity index (χ2n) is 7.58. The quantitative estimate of drug-likeness (QED) is 0.326.